The number of nitrogens with one attached hydrogen (secondary N) is 2. The predicted molar refractivity (Wildman–Crippen MR) is 130 cm³/mol. The SMILES string of the molecule is O=C(COC(=O)c1ccccc1NS(=O)(=O)c1ccc(Br)s1)Nc1cc(Cl)c(Cl)cc1Cl. The lowest BCUT2D eigenvalue weighted by Crippen LogP contribution is -2.22. The molecule has 0 unspecified atom stereocenters. The molecular formula is C19H12BrCl3N2O5S2. The van der Waals surface area contributed by atoms with E-state index in [1.54, 1.807) is 12.1 Å². The summed E-state index contributed by atoms with van der Waals surface area (Å²) in [7, 11) is -3.92. The van der Waals surface area contributed by atoms with Crippen molar-refractivity contribution in [3.8, 4) is 0 Å². The molecule has 0 saturated heterocycles. The van der Waals surface area contributed by atoms with Crippen LogP contribution in [0.5, 0.6) is 0 Å². The average Bonchev–Trinajstić information content (AvgIpc) is 3.18. The molecule has 168 valence electrons. The van der Waals surface area contributed by atoms with Gasteiger partial charge in [-0.15, -0.1) is 11.3 Å². The van der Waals surface area contributed by atoms with Crippen LogP contribution < -0.4 is 10.0 Å². The molecule has 3 rings (SSSR count). The van der Waals surface area contributed by atoms with E-state index in [0.717, 1.165) is 11.3 Å². The Balaban J connectivity index is 1.68. The Kier molecular flexibility index (Phi) is 8.07. The average molecular weight is 599 g/mol. The monoisotopic (exact) mass is 596 g/mol. The largest absolute Gasteiger partial charge is 0.452 e. The second-order valence-corrected chi connectivity index (χ2v) is 11.7. The molecule has 0 fully saturated rings. The Bertz CT molecular complexity index is 1300. The van der Waals surface area contributed by atoms with Crippen molar-refractivity contribution in [1.82, 2.24) is 0 Å². The Morgan fingerprint density at radius 1 is 0.969 bits per heavy atom. The van der Waals surface area contributed by atoms with Crippen LogP contribution in [-0.4, -0.2) is 26.9 Å². The van der Waals surface area contributed by atoms with Crippen LogP contribution in [0.3, 0.4) is 0 Å². The molecule has 0 aliphatic rings. The van der Waals surface area contributed by atoms with Gasteiger partial charge in [0.2, 0.25) is 0 Å². The number of anilines is 2. The molecule has 1 aromatic heterocycles. The number of benzene rings is 2. The summed E-state index contributed by atoms with van der Waals surface area (Å²) in [5, 5.41) is 3.01. The lowest BCUT2D eigenvalue weighted by atomic mass is 10.2. The fraction of sp³-hybridized carbons (Fsp3) is 0.0526. The normalized spacial score (nSPS) is 11.1. The maximum Gasteiger partial charge on any atom is 0.340 e. The van der Waals surface area contributed by atoms with Gasteiger partial charge in [0.05, 0.1) is 35.8 Å². The molecule has 0 saturated carbocycles. The third-order valence-electron chi connectivity index (χ3n) is 3.82. The van der Waals surface area contributed by atoms with Crippen molar-refractivity contribution in [2.45, 2.75) is 4.21 Å². The van der Waals surface area contributed by atoms with Gasteiger partial charge in [0.1, 0.15) is 4.21 Å². The number of carbonyl (C=O) groups is 2. The molecule has 0 bridgehead atoms. The molecule has 2 N–H and O–H groups in total. The van der Waals surface area contributed by atoms with Gasteiger partial charge in [-0.2, -0.15) is 0 Å². The summed E-state index contributed by atoms with van der Waals surface area (Å²) in [5.74, 6) is -1.58. The number of ether oxygens (including phenoxy) is 1. The van der Waals surface area contributed by atoms with E-state index in [9.17, 15) is 18.0 Å². The van der Waals surface area contributed by atoms with Crippen molar-refractivity contribution in [2.24, 2.45) is 0 Å². The number of sulfonamides is 1. The molecule has 0 aliphatic heterocycles. The molecular weight excluding hydrogens is 587 g/mol. The first-order valence-corrected chi connectivity index (χ1v) is 12.8. The minimum atomic E-state index is -3.92. The Hall–Kier alpha value is -1.82. The number of hydrogen-bond donors (Lipinski definition) is 2. The molecule has 0 spiro atoms. The van der Waals surface area contributed by atoms with E-state index in [-0.39, 0.29) is 36.2 Å². The van der Waals surface area contributed by atoms with Gasteiger partial charge in [0.25, 0.3) is 15.9 Å². The number of esters is 1. The van der Waals surface area contributed by atoms with Crippen LogP contribution in [-0.2, 0) is 19.6 Å². The zero-order chi connectivity index (χ0) is 23.5. The van der Waals surface area contributed by atoms with Crippen LogP contribution >= 0.6 is 62.1 Å². The third-order valence-corrected chi connectivity index (χ3v) is 8.34. The van der Waals surface area contributed by atoms with Crippen molar-refractivity contribution in [1.29, 1.82) is 0 Å². The number of para-hydroxylation sites is 1. The summed E-state index contributed by atoms with van der Waals surface area (Å²) in [5.41, 5.74) is 0.138. The molecule has 1 amide bonds. The molecule has 7 nitrogen and oxygen atoms in total. The van der Waals surface area contributed by atoms with Crippen molar-refractivity contribution in [2.75, 3.05) is 16.6 Å². The first-order chi connectivity index (χ1) is 15.1. The lowest BCUT2D eigenvalue weighted by Gasteiger charge is -2.12. The highest BCUT2D eigenvalue weighted by Crippen LogP contribution is 2.32. The number of amides is 1. The highest BCUT2D eigenvalue weighted by molar-refractivity contribution is 9.11. The highest BCUT2D eigenvalue weighted by Gasteiger charge is 2.21. The Morgan fingerprint density at radius 3 is 2.34 bits per heavy atom. The van der Waals surface area contributed by atoms with Crippen LogP contribution in [0.1, 0.15) is 10.4 Å². The number of hydrogen-bond acceptors (Lipinski definition) is 6. The van der Waals surface area contributed by atoms with E-state index in [4.69, 9.17) is 39.5 Å². The summed E-state index contributed by atoms with van der Waals surface area (Å²) >= 11 is 22.0. The third kappa shape index (κ3) is 6.15. The molecule has 32 heavy (non-hydrogen) atoms. The smallest absolute Gasteiger partial charge is 0.340 e. The molecule has 13 heteroatoms. The second-order valence-electron chi connectivity index (χ2n) is 6.08. The number of carbonyl (C=O) groups excluding carboxylic acids is 2. The van der Waals surface area contributed by atoms with E-state index in [1.165, 1.54) is 36.4 Å². The summed E-state index contributed by atoms with van der Waals surface area (Å²) in [6.07, 6.45) is 0. The van der Waals surface area contributed by atoms with Gasteiger partial charge in [-0.25, -0.2) is 13.2 Å². The summed E-state index contributed by atoms with van der Waals surface area (Å²) < 4.78 is 33.2. The van der Waals surface area contributed by atoms with Gasteiger partial charge in [-0.3, -0.25) is 9.52 Å². The van der Waals surface area contributed by atoms with Crippen molar-refractivity contribution in [3.63, 3.8) is 0 Å². The Morgan fingerprint density at radius 2 is 1.66 bits per heavy atom. The molecule has 0 atom stereocenters. The molecule has 0 aliphatic carbocycles. The van der Waals surface area contributed by atoms with Gasteiger partial charge in [0.15, 0.2) is 6.61 Å². The minimum absolute atomic E-state index is 0.00922. The number of thiophene rings is 1. The van der Waals surface area contributed by atoms with E-state index >= 15 is 0 Å². The number of halogens is 4. The maximum absolute atomic E-state index is 12.6. The van der Waals surface area contributed by atoms with Crippen molar-refractivity contribution in [3.05, 3.63) is 72.9 Å². The molecule has 3 aromatic rings. The van der Waals surface area contributed by atoms with Crippen LogP contribution in [0, 0.1) is 0 Å². The quantitative estimate of drug-likeness (QED) is 0.254. The predicted octanol–water partition coefficient (Wildman–Crippen LogP) is 6.07. The number of rotatable bonds is 7. The van der Waals surface area contributed by atoms with Gasteiger partial charge < -0.3 is 10.1 Å². The zero-order valence-corrected chi connectivity index (χ0v) is 21.2. The van der Waals surface area contributed by atoms with Crippen molar-refractivity contribution < 1.29 is 22.7 Å². The van der Waals surface area contributed by atoms with E-state index in [1.807, 2.05) is 0 Å². The summed E-state index contributed by atoms with van der Waals surface area (Å²) in [6.45, 7) is -0.644. The van der Waals surface area contributed by atoms with Crippen molar-refractivity contribution >= 4 is 95.3 Å². The highest BCUT2D eigenvalue weighted by atomic mass is 79.9. The second kappa shape index (κ2) is 10.4. The fourth-order valence-electron chi connectivity index (χ4n) is 2.40. The van der Waals surface area contributed by atoms with Crippen LogP contribution in [0.25, 0.3) is 0 Å². The maximum atomic E-state index is 12.6. The standard InChI is InChI=1S/C19H12BrCl3N2O5S2/c20-16-5-6-18(31-16)32(28,29)25-14-4-2-1-3-10(14)19(27)30-9-17(26)24-15-8-12(22)11(21)7-13(15)23/h1-8,25H,9H2,(H,24,26). The molecule has 1 heterocycles. The first kappa shape index (κ1) is 24.8. The molecule has 0 radical (unpaired) electrons. The minimum Gasteiger partial charge on any atom is -0.452 e. The van der Waals surface area contributed by atoms with E-state index < -0.39 is 28.5 Å². The molecule has 2 aromatic carbocycles. The van der Waals surface area contributed by atoms with E-state index in [2.05, 4.69) is 26.0 Å². The summed E-state index contributed by atoms with van der Waals surface area (Å²) in [6, 6.07) is 11.6. The van der Waals surface area contributed by atoms with Gasteiger partial charge >= 0.3 is 5.97 Å². The zero-order valence-electron chi connectivity index (χ0n) is 15.7. The van der Waals surface area contributed by atoms with Crippen LogP contribution in [0.15, 0.2) is 56.5 Å². The topological polar surface area (TPSA) is 102 Å². The fourth-order valence-corrected chi connectivity index (χ4v) is 6.08. The Labute approximate surface area is 210 Å². The van der Waals surface area contributed by atoms with Gasteiger partial charge in [-0.1, -0.05) is 46.9 Å². The van der Waals surface area contributed by atoms with Crippen LogP contribution in [0.2, 0.25) is 15.1 Å². The van der Waals surface area contributed by atoms with E-state index in [0.29, 0.717) is 3.79 Å². The van der Waals surface area contributed by atoms with Crippen LogP contribution in [0.4, 0.5) is 11.4 Å². The lowest BCUT2D eigenvalue weighted by molar-refractivity contribution is -0.119. The first-order valence-electron chi connectivity index (χ1n) is 8.55. The summed E-state index contributed by atoms with van der Waals surface area (Å²) in [4.78, 5) is 24.7. The van der Waals surface area contributed by atoms with Gasteiger partial charge in [-0.05, 0) is 52.3 Å². The van der Waals surface area contributed by atoms with Gasteiger partial charge in [0, 0.05) is 0 Å².